The van der Waals surface area contributed by atoms with Gasteiger partial charge < -0.3 is 9.80 Å². The molecule has 122 valence electrons. The Morgan fingerprint density at radius 2 is 1.65 bits per heavy atom. The summed E-state index contributed by atoms with van der Waals surface area (Å²) in [6.07, 6.45) is 3.61. The molecule has 0 spiro atoms. The Balaban J connectivity index is 2.14. The SMILES string of the molecule is CCCN(CCC)C(=O)c1ccc(N(C)c2ccccc2)nc1. The number of hydrogen-bond donors (Lipinski definition) is 0. The fourth-order valence-corrected chi connectivity index (χ4v) is 2.53. The summed E-state index contributed by atoms with van der Waals surface area (Å²) in [5, 5.41) is 0. The van der Waals surface area contributed by atoms with Crippen LogP contribution in [0, 0.1) is 0 Å². The third-order valence-corrected chi connectivity index (χ3v) is 3.76. The van der Waals surface area contributed by atoms with E-state index in [1.54, 1.807) is 6.20 Å². The van der Waals surface area contributed by atoms with Crippen LogP contribution >= 0.6 is 0 Å². The van der Waals surface area contributed by atoms with Crippen LogP contribution in [0.1, 0.15) is 37.0 Å². The van der Waals surface area contributed by atoms with Gasteiger partial charge in [-0.3, -0.25) is 4.79 Å². The number of pyridine rings is 1. The summed E-state index contributed by atoms with van der Waals surface area (Å²) in [6.45, 7) is 5.76. The number of carbonyl (C=O) groups is 1. The lowest BCUT2D eigenvalue weighted by molar-refractivity contribution is 0.0755. The first-order chi connectivity index (χ1) is 11.2. The Hall–Kier alpha value is -2.36. The maximum absolute atomic E-state index is 12.5. The highest BCUT2D eigenvalue weighted by Crippen LogP contribution is 2.21. The number of aromatic nitrogens is 1. The molecule has 1 amide bonds. The highest BCUT2D eigenvalue weighted by atomic mass is 16.2. The summed E-state index contributed by atoms with van der Waals surface area (Å²) in [5.41, 5.74) is 1.72. The van der Waals surface area contributed by atoms with Gasteiger partial charge in [0.2, 0.25) is 0 Å². The predicted octanol–water partition coefficient (Wildman–Crippen LogP) is 4.11. The summed E-state index contributed by atoms with van der Waals surface area (Å²) in [5.74, 6) is 0.889. The number of para-hydroxylation sites is 1. The van der Waals surface area contributed by atoms with Crippen molar-refractivity contribution in [2.24, 2.45) is 0 Å². The summed E-state index contributed by atoms with van der Waals surface area (Å²) in [7, 11) is 1.97. The van der Waals surface area contributed by atoms with Gasteiger partial charge in [0.25, 0.3) is 5.91 Å². The summed E-state index contributed by atoms with van der Waals surface area (Å²) >= 11 is 0. The molecule has 2 aromatic rings. The highest BCUT2D eigenvalue weighted by molar-refractivity contribution is 5.94. The molecular formula is C19H25N3O. The first-order valence-electron chi connectivity index (χ1n) is 8.21. The number of amides is 1. The normalized spacial score (nSPS) is 10.4. The van der Waals surface area contributed by atoms with Crippen molar-refractivity contribution in [3.63, 3.8) is 0 Å². The molecule has 4 heteroatoms. The topological polar surface area (TPSA) is 36.4 Å². The van der Waals surface area contributed by atoms with Crippen molar-refractivity contribution in [1.29, 1.82) is 0 Å². The molecule has 0 N–H and O–H groups in total. The van der Waals surface area contributed by atoms with E-state index >= 15 is 0 Å². The quantitative estimate of drug-likeness (QED) is 0.772. The molecule has 1 heterocycles. The number of anilines is 2. The van der Waals surface area contributed by atoms with E-state index in [0.29, 0.717) is 5.56 Å². The van der Waals surface area contributed by atoms with Gasteiger partial charge in [-0.2, -0.15) is 0 Å². The van der Waals surface area contributed by atoms with Crippen molar-refractivity contribution in [2.75, 3.05) is 25.0 Å². The second kappa shape index (κ2) is 8.32. The minimum absolute atomic E-state index is 0.0649. The molecule has 0 fully saturated rings. The third-order valence-electron chi connectivity index (χ3n) is 3.76. The second-order valence-corrected chi connectivity index (χ2v) is 5.59. The third kappa shape index (κ3) is 4.31. The molecule has 0 aliphatic carbocycles. The largest absolute Gasteiger partial charge is 0.339 e. The van der Waals surface area contributed by atoms with Gasteiger partial charge in [0.15, 0.2) is 0 Å². The molecule has 1 aromatic carbocycles. The Morgan fingerprint density at radius 1 is 1.00 bits per heavy atom. The van der Waals surface area contributed by atoms with Crippen LogP contribution in [0.15, 0.2) is 48.7 Å². The fourth-order valence-electron chi connectivity index (χ4n) is 2.53. The Labute approximate surface area is 138 Å². The molecule has 4 nitrogen and oxygen atoms in total. The Kier molecular flexibility index (Phi) is 6.15. The van der Waals surface area contributed by atoms with Gasteiger partial charge in [0, 0.05) is 32.0 Å². The number of nitrogens with zero attached hydrogens (tertiary/aromatic N) is 3. The van der Waals surface area contributed by atoms with Crippen LogP contribution in [0.3, 0.4) is 0 Å². The molecule has 0 radical (unpaired) electrons. The molecule has 1 aromatic heterocycles. The Morgan fingerprint density at radius 3 is 2.17 bits per heavy atom. The van der Waals surface area contributed by atoms with Crippen LogP contribution in [0.25, 0.3) is 0 Å². The summed E-state index contributed by atoms with van der Waals surface area (Å²) in [4.78, 5) is 20.9. The molecule has 0 aliphatic heterocycles. The number of rotatable bonds is 7. The van der Waals surface area contributed by atoms with Crippen LogP contribution in [-0.4, -0.2) is 35.9 Å². The van der Waals surface area contributed by atoms with Gasteiger partial charge in [-0.05, 0) is 37.1 Å². The van der Waals surface area contributed by atoms with Crippen LogP contribution < -0.4 is 4.90 Å². The van der Waals surface area contributed by atoms with Crippen molar-refractivity contribution in [3.05, 3.63) is 54.2 Å². The van der Waals surface area contributed by atoms with Crippen molar-refractivity contribution in [2.45, 2.75) is 26.7 Å². The molecule has 0 saturated carbocycles. The van der Waals surface area contributed by atoms with Crippen LogP contribution in [-0.2, 0) is 0 Å². The van der Waals surface area contributed by atoms with Crippen LogP contribution in [0.2, 0.25) is 0 Å². The number of benzene rings is 1. The van der Waals surface area contributed by atoms with Gasteiger partial charge in [0.1, 0.15) is 5.82 Å². The summed E-state index contributed by atoms with van der Waals surface area (Å²) < 4.78 is 0. The average molecular weight is 311 g/mol. The van der Waals surface area contributed by atoms with E-state index in [0.717, 1.165) is 37.4 Å². The molecule has 2 rings (SSSR count). The van der Waals surface area contributed by atoms with E-state index in [4.69, 9.17) is 0 Å². The van der Waals surface area contributed by atoms with Crippen molar-refractivity contribution in [1.82, 2.24) is 9.88 Å². The summed E-state index contributed by atoms with van der Waals surface area (Å²) in [6, 6.07) is 13.8. The zero-order valence-corrected chi connectivity index (χ0v) is 14.2. The molecule has 0 saturated heterocycles. The second-order valence-electron chi connectivity index (χ2n) is 5.59. The van der Waals surface area contributed by atoms with Gasteiger partial charge in [-0.15, -0.1) is 0 Å². The van der Waals surface area contributed by atoms with Crippen molar-refractivity contribution in [3.8, 4) is 0 Å². The van der Waals surface area contributed by atoms with E-state index < -0.39 is 0 Å². The van der Waals surface area contributed by atoms with Crippen molar-refractivity contribution >= 4 is 17.4 Å². The monoisotopic (exact) mass is 311 g/mol. The fraction of sp³-hybridized carbons (Fsp3) is 0.368. The maximum atomic E-state index is 12.5. The zero-order chi connectivity index (χ0) is 16.7. The van der Waals surface area contributed by atoms with E-state index in [-0.39, 0.29) is 5.91 Å². The van der Waals surface area contributed by atoms with Crippen molar-refractivity contribution < 1.29 is 4.79 Å². The minimum Gasteiger partial charge on any atom is -0.339 e. The van der Waals surface area contributed by atoms with E-state index in [1.165, 1.54) is 0 Å². The molecule has 0 aliphatic rings. The van der Waals surface area contributed by atoms with Gasteiger partial charge in [0.05, 0.1) is 5.56 Å². The maximum Gasteiger partial charge on any atom is 0.255 e. The minimum atomic E-state index is 0.0649. The number of carbonyl (C=O) groups excluding carboxylic acids is 1. The van der Waals surface area contributed by atoms with Crippen LogP contribution in [0.5, 0.6) is 0 Å². The predicted molar refractivity (Wildman–Crippen MR) is 95.2 cm³/mol. The highest BCUT2D eigenvalue weighted by Gasteiger charge is 2.15. The first kappa shape index (κ1) is 17.0. The molecule has 0 atom stereocenters. The zero-order valence-electron chi connectivity index (χ0n) is 14.2. The first-order valence-corrected chi connectivity index (χ1v) is 8.21. The average Bonchev–Trinajstić information content (AvgIpc) is 2.61. The lowest BCUT2D eigenvalue weighted by atomic mass is 10.2. The van der Waals surface area contributed by atoms with Gasteiger partial charge in [-0.1, -0.05) is 32.0 Å². The van der Waals surface area contributed by atoms with Gasteiger partial charge in [-0.25, -0.2) is 4.98 Å². The number of hydrogen-bond acceptors (Lipinski definition) is 3. The molecule has 23 heavy (non-hydrogen) atoms. The Bertz CT molecular complexity index is 604. The lowest BCUT2D eigenvalue weighted by Crippen LogP contribution is -2.32. The van der Waals surface area contributed by atoms with Crippen LogP contribution in [0.4, 0.5) is 11.5 Å². The van der Waals surface area contributed by atoms with E-state index in [1.807, 2.05) is 59.3 Å². The van der Waals surface area contributed by atoms with Gasteiger partial charge >= 0.3 is 0 Å². The molecule has 0 unspecified atom stereocenters. The standard InChI is InChI=1S/C19H25N3O/c1-4-13-22(14-5-2)19(23)16-11-12-18(20-15-16)21(3)17-9-7-6-8-10-17/h6-12,15H,4-5,13-14H2,1-3H3. The molecular weight excluding hydrogens is 286 g/mol. The lowest BCUT2D eigenvalue weighted by Gasteiger charge is -2.22. The van der Waals surface area contributed by atoms with E-state index in [9.17, 15) is 4.79 Å². The molecule has 0 bridgehead atoms. The smallest absolute Gasteiger partial charge is 0.255 e. The van der Waals surface area contributed by atoms with E-state index in [2.05, 4.69) is 18.8 Å².